The Morgan fingerprint density at radius 3 is 2.38 bits per heavy atom. The van der Waals surface area contributed by atoms with Gasteiger partial charge < -0.3 is 10.5 Å². The van der Waals surface area contributed by atoms with Crippen LogP contribution in [-0.2, 0) is 6.42 Å². The maximum absolute atomic E-state index is 14.2. The fourth-order valence-electron chi connectivity index (χ4n) is 2.43. The van der Waals surface area contributed by atoms with E-state index < -0.39 is 0 Å². The average Bonchev–Trinajstić information content (AvgIpc) is 2.38. The zero-order valence-corrected chi connectivity index (χ0v) is 13.0. The third-order valence-corrected chi connectivity index (χ3v) is 3.31. The Balaban J connectivity index is 2.58. The number of anilines is 1. The van der Waals surface area contributed by atoms with Gasteiger partial charge in [-0.2, -0.15) is 0 Å². The van der Waals surface area contributed by atoms with Gasteiger partial charge in [0.05, 0.1) is 7.11 Å². The maximum Gasteiger partial charge on any atom is 0.131 e. The van der Waals surface area contributed by atoms with Gasteiger partial charge in [0.2, 0.25) is 0 Å². The number of hydrogen-bond donors (Lipinski definition) is 1. The van der Waals surface area contributed by atoms with Crippen LogP contribution >= 0.6 is 0 Å². The van der Waals surface area contributed by atoms with Crippen molar-refractivity contribution in [2.45, 2.75) is 27.2 Å². The summed E-state index contributed by atoms with van der Waals surface area (Å²) in [4.78, 5) is 0. The minimum Gasteiger partial charge on any atom is -0.497 e. The fraction of sp³-hybridized carbons (Fsp3) is 0.333. The van der Waals surface area contributed by atoms with E-state index in [4.69, 9.17) is 10.5 Å². The summed E-state index contributed by atoms with van der Waals surface area (Å²) in [6, 6.07) is 10.4. The highest BCUT2D eigenvalue weighted by Gasteiger charge is 2.17. The van der Waals surface area contributed by atoms with Crippen LogP contribution in [0, 0.1) is 11.2 Å². The van der Waals surface area contributed by atoms with Crippen LogP contribution in [0.25, 0.3) is 11.1 Å². The summed E-state index contributed by atoms with van der Waals surface area (Å²) in [6.07, 6.45) is 0.823. The van der Waals surface area contributed by atoms with Gasteiger partial charge in [-0.15, -0.1) is 0 Å². The predicted octanol–water partition coefficient (Wildman–Crippen LogP) is 4.67. The van der Waals surface area contributed by atoms with Crippen molar-refractivity contribution < 1.29 is 9.13 Å². The Bertz CT molecular complexity index is 644. The van der Waals surface area contributed by atoms with Crippen LogP contribution in [0.2, 0.25) is 0 Å². The third kappa shape index (κ3) is 3.75. The summed E-state index contributed by atoms with van der Waals surface area (Å²) in [6.45, 7) is 6.46. The molecule has 0 saturated carbocycles. The molecule has 0 unspecified atom stereocenters. The molecule has 0 aliphatic carbocycles. The summed E-state index contributed by atoms with van der Waals surface area (Å²) >= 11 is 0. The zero-order valence-electron chi connectivity index (χ0n) is 13.0. The van der Waals surface area contributed by atoms with Crippen LogP contribution in [0.1, 0.15) is 26.3 Å². The molecule has 0 atom stereocenters. The Morgan fingerprint density at radius 1 is 1.05 bits per heavy atom. The quantitative estimate of drug-likeness (QED) is 0.832. The van der Waals surface area contributed by atoms with Gasteiger partial charge in [-0.25, -0.2) is 4.39 Å². The summed E-state index contributed by atoms with van der Waals surface area (Å²) in [5.74, 6) is 0.390. The number of ether oxygens (including phenoxy) is 1. The molecule has 0 spiro atoms. The average molecular weight is 287 g/mol. The van der Waals surface area contributed by atoms with E-state index in [9.17, 15) is 4.39 Å². The van der Waals surface area contributed by atoms with Crippen LogP contribution in [0.15, 0.2) is 36.4 Å². The molecule has 21 heavy (non-hydrogen) atoms. The van der Waals surface area contributed by atoms with E-state index in [1.165, 1.54) is 6.07 Å². The minimum absolute atomic E-state index is 0.0951. The lowest BCUT2D eigenvalue weighted by molar-refractivity contribution is 0.411. The molecule has 112 valence electrons. The molecule has 0 amide bonds. The second kappa shape index (κ2) is 5.76. The first-order valence-corrected chi connectivity index (χ1v) is 7.02. The van der Waals surface area contributed by atoms with Gasteiger partial charge >= 0.3 is 0 Å². The lowest BCUT2D eigenvalue weighted by Gasteiger charge is -2.21. The predicted molar refractivity (Wildman–Crippen MR) is 86.0 cm³/mol. The largest absolute Gasteiger partial charge is 0.497 e. The maximum atomic E-state index is 14.2. The second-order valence-electron chi connectivity index (χ2n) is 6.50. The first kappa shape index (κ1) is 15.4. The van der Waals surface area contributed by atoms with E-state index in [0.717, 1.165) is 17.5 Å². The van der Waals surface area contributed by atoms with E-state index in [1.807, 2.05) is 12.1 Å². The van der Waals surface area contributed by atoms with Crippen molar-refractivity contribution >= 4 is 5.69 Å². The molecule has 2 nitrogen and oxygen atoms in total. The molecule has 2 aromatic carbocycles. The zero-order chi connectivity index (χ0) is 15.6. The molecule has 3 heteroatoms. The van der Waals surface area contributed by atoms with Gasteiger partial charge in [-0.1, -0.05) is 26.8 Å². The van der Waals surface area contributed by atoms with Crippen molar-refractivity contribution in [2.24, 2.45) is 5.41 Å². The van der Waals surface area contributed by atoms with Crippen molar-refractivity contribution in [3.05, 3.63) is 47.8 Å². The standard InChI is InChI=1S/C18H22FNO/c1-18(2,3)11-12-9-13(20)5-7-15(12)16-10-14(21-4)6-8-17(16)19/h5-10H,11,20H2,1-4H3. The highest BCUT2D eigenvalue weighted by molar-refractivity contribution is 5.71. The molecule has 0 fully saturated rings. The molecule has 0 radical (unpaired) electrons. The van der Waals surface area contributed by atoms with E-state index in [2.05, 4.69) is 20.8 Å². The highest BCUT2D eigenvalue weighted by Crippen LogP contribution is 2.34. The Kier molecular flexibility index (Phi) is 4.21. The van der Waals surface area contributed by atoms with Gasteiger partial charge in [0.25, 0.3) is 0 Å². The number of benzene rings is 2. The normalized spacial score (nSPS) is 11.5. The number of nitrogen functional groups attached to an aromatic ring is 1. The summed E-state index contributed by atoms with van der Waals surface area (Å²) in [7, 11) is 1.58. The molecule has 0 bridgehead atoms. The van der Waals surface area contributed by atoms with E-state index >= 15 is 0 Å². The van der Waals surface area contributed by atoms with Crippen molar-refractivity contribution in [1.82, 2.24) is 0 Å². The van der Waals surface area contributed by atoms with Crippen molar-refractivity contribution in [1.29, 1.82) is 0 Å². The minimum atomic E-state index is -0.254. The Hall–Kier alpha value is -2.03. The SMILES string of the molecule is COc1ccc(F)c(-c2ccc(N)cc2CC(C)(C)C)c1. The van der Waals surface area contributed by atoms with Crippen molar-refractivity contribution in [2.75, 3.05) is 12.8 Å². The molecule has 0 aliphatic rings. The number of halogens is 1. The topological polar surface area (TPSA) is 35.2 Å². The molecule has 0 heterocycles. The van der Waals surface area contributed by atoms with Gasteiger partial charge in [0.15, 0.2) is 0 Å². The van der Waals surface area contributed by atoms with Crippen LogP contribution in [0.4, 0.5) is 10.1 Å². The Labute approximate surface area is 125 Å². The first-order chi connectivity index (χ1) is 9.80. The number of rotatable bonds is 3. The van der Waals surface area contributed by atoms with Crippen molar-refractivity contribution in [3.63, 3.8) is 0 Å². The monoisotopic (exact) mass is 287 g/mol. The smallest absolute Gasteiger partial charge is 0.131 e. The van der Waals surface area contributed by atoms with Gasteiger partial charge in [0.1, 0.15) is 11.6 Å². The number of nitrogens with two attached hydrogens (primary N) is 1. The Morgan fingerprint density at radius 2 is 1.76 bits per heavy atom. The molecule has 2 N–H and O–H groups in total. The lowest BCUT2D eigenvalue weighted by atomic mass is 9.84. The molecular formula is C18H22FNO. The van der Waals surface area contributed by atoms with Crippen LogP contribution in [0.3, 0.4) is 0 Å². The molecule has 2 aromatic rings. The van der Waals surface area contributed by atoms with E-state index in [-0.39, 0.29) is 11.2 Å². The summed E-state index contributed by atoms with van der Waals surface area (Å²) in [5.41, 5.74) is 9.16. The molecular weight excluding hydrogens is 265 g/mol. The van der Waals surface area contributed by atoms with E-state index in [1.54, 1.807) is 25.3 Å². The third-order valence-electron chi connectivity index (χ3n) is 3.31. The molecule has 0 aromatic heterocycles. The first-order valence-electron chi connectivity index (χ1n) is 7.02. The molecule has 2 rings (SSSR count). The highest BCUT2D eigenvalue weighted by atomic mass is 19.1. The fourth-order valence-corrected chi connectivity index (χ4v) is 2.43. The van der Waals surface area contributed by atoms with E-state index in [0.29, 0.717) is 17.0 Å². The second-order valence-corrected chi connectivity index (χ2v) is 6.50. The van der Waals surface area contributed by atoms with Crippen LogP contribution < -0.4 is 10.5 Å². The number of methoxy groups -OCH3 is 1. The van der Waals surface area contributed by atoms with Gasteiger partial charge in [-0.3, -0.25) is 0 Å². The molecule has 0 aliphatic heterocycles. The lowest BCUT2D eigenvalue weighted by Crippen LogP contribution is -2.10. The van der Waals surface area contributed by atoms with Gasteiger partial charge in [-0.05, 0) is 53.3 Å². The molecule has 0 saturated heterocycles. The van der Waals surface area contributed by atoms with Crippen LogP contribution in [0.5, 0.6) is 5.75 Å². The number of hydrogen-bond acceptors (Lipinski definition) is 2. The van der Waals surface area contributed by atoms with Crippen LogP contribution in [-0.4, -0.2) is 7.11 Å². The summed E-state index contributed by atoms with van der Waals surface area (Å²) in [5, 5.41) is 0. The summed E-state index contributed by atoms with van der Waals surface area (Å²) < 4.78 is 19.4. The van der Waals surface area contributed by atoms with Crippen molar-refractivity contribution in [3.8, 4) is 16.9 Å². The van der Waals surface area contributed by atoms with Gasteiger partial charge in [0, 0.05) is 11.3 Å².